The summed E-state index contributed by atoms with van der Waals surface area (Å²) in [5.74, 6) is -1.15. The summed E-state index contributed by atoms with van der Waals surface area (Å²) in [6.07, 6.45) is 3.17. The number of carbonyl (C=O) groups excluding carboxylic acids is 1. The molecule has 0 aliphatic carbocycles. The molecule has 1 aliphatic rings. The molecule has 1 atom stereocenters. The van der Waals surface area contributed by atoms with Gasteiger partial charge < -0.3 is 15.2 Å². The van der Waals surface area contributed by atoms with Gasteiger partial charge in [0.1, 0.15) is 28.5 Å². The average Bonchev–Trinajstić information content (AvgIpc) is 2.92. The highest BCUT2D eigenvalue weighted by molar-refractivity contribution is 7.99. The molecule has 178 valence electrons. The molecule has 9 heteroatoms. The van der Waals surface area contributed by atoms with Crippen LogP contribution in [0.15, 0.2) is 94.8 Å². The van der Waals surface area contributed by atoms with Crippen LogP contribution >= 0.6 is 11.8 Å². The van der Waals surface area contributed by atoms with E-state index in [1.165, 1.54) is 11.8 Å². The zero-order valence-corrected chi connectivity index (χ0v) is 20.2. The minimum atomic E-state index is -0.800. The molecule has 1 aromatic carbocycles. The predicted octanol–water partition coefficient (Wildman–Crippen LogP) is 4.43. The highest BCUT2D eigenvalue weighted by Gasteiger charge is 2.37. The van der Waals surface area contributed by atoms with Crippen LogP contribution in [0.2, 0.25) is 0 Å². The van der Waals surface area contributed by atoms with Crippen LogP contribution in [0.4, 0.5) is 0 Å². The fourth-order valence-corrected chi connectivity index (χ4v) is 4.69. The number of ether oxygens (including phenoxy) is 2. The van der Waals surface area contributed by atoms with Crippen molar-refractivity contribution in [1.82, 2.24) is 9.97 Å². The number of thioether (sulfide) groups is 1. The Hall–Kier alpha value is -4.60. The Bertz CT molecular complexity index is 1420. The molecular weight excluding hydrogens is 474 g/mol. The maximum absolute atomic E-state index is 13.1. The Morgan fingerprint density at radius 1 is 1.14 bits per heavy atom. The van der Waals surface area contributed by atoms with Crippen LogP contribution in [-0.2, 0) is 14.3 Å². The van der Waals surface area contributed by atoms with E-state index in [2.05, 4.69) is 22.1 Å². The Kier molecular flexibility index (Phi) is 7.64. The van der Waals surface area contributed by atoms with Gasteiger partial charge in [-0.1, -0.05) is 48.2 Å². The van der Waals surface area contributed by atoms with Crippen molar-refractivity contribution in [3.63, 3.8) is 0 Å². The van der Waals surface area contributed by atoms with Crippen molar-refractivity contribution in [1.29, 1.82) is 10.5 Å². The molecule has 0 saturated carbocycles. The molecule has 2 aromatic heterocycles. The van der Waals surface area contributed by atoms with E-state index in [0.717, 1.165) is 5.56 Å². The predicted molar refractivity (Wildman–Crippen MR) is 134 cm³/mol. The third kappa shape index (κ3) is 5.07. The SMILES string of the molecule is CCOC(=O)C1=C(CSc2nc(-c3ccccc3)ccc2C#N)OC(N)=C(C#N)[C@@H]1c1cccnc1. The van der Waals surface area contributed by atoms with Gasteiger partial charge in [0.2, 0.25) is 5.88 Å². The van der Waals surface area contributed by atoms with Crippen LogP contribution < -0.4 is 5.73 Å². The Morgan fingerprint density at radius 2 is 1.94 bits per heavy atom. The van der Waals surface area contributed by atoms with Crippen molar-refractivity contribution in [3.8, 4) is 23.4 Å². The number of nitrogens with two attached hydrogens (primary N) is 1. The summed E-state index contributed by atoms with van der Waals surface area (Å²) in [6.45, 7) is 1.84. The fraction of sp³-hybridized carbons (Fsp3) is 0.148. The molecule has 8 nitrogen and oxygen atoms in total. The number of nitrogens with zero attached hydrogens (tertiary/aromatic N) is 4. The van der Waals surface area contributed by atoms with Gasteiger partial charge in [0.05, 0.1) is 35.1 Å². The van der Waals surface area contributed by atoms with Gasteiger partial charge in [0.15, 0.2) is 0 Å². The molecule has 2 N–H and O–H groups in total. The zero-order valence-electron chi connectivity index (χ0n) is 19.3. The number of pyridine rings is 2. The minimum Gasteiger partial charge on any atom is -0.463 e. The van der Waals surface area contributed by atoms with Crippen molar-refractivity contribution in [3.05, 3.63) is 101 Å². The molecule has 0 bridgehead atoms. The van der Waals surface area contributed by atoms with Gasteiger partial charge >= 0.3 is 5.97 Å². The third-order valence-corrected chi connectivity index (χ3v) is 6.39. The number of hydrogen-bond donors (Lipinski definition) is 1. The van der Waals surface area contributed by atoms with Crippen LogP contribution in [0.5, 0.6) is 0 Å². The van der Waals surface area contributed by atoms with Crippen molar-refractivity contribution in [2.75, 3.05) is 12.4 Å². The molecule has 0 saturated heterocycles. The lowest BCUT2D eigenvalue weighted by atomic mass is 9.84. The topological polar surface area (TPSA) is 135 Å². The first-order valence-electron chi connectivity index (χ1n) is 11.0. The van der Waals surface area contributed by atoms with Crippen LogP contribution in [0.25, 0.3) is 11.3 Å². The van der Waals surface area contributed by atoms with Gasteiger partial charge in [0.25, 0.3) is 0 Å². The molecule has 0 fully saturated rings. The first kappa shape index (κ1) is 24.5. The quantitative estimate of drug-likeness (QED) is 0.373. The monoisotopic (exact) mass is 495 g/mol. The van der Waals surface area contributed by atoms with Gasteiger partial charge in [-0.25, -0.2) is 9.78 Å². The molecule has 1 aliphatic heterocycles. The highest BCUT2D eigenvalue weighted by atomic mass is 32.2. The van der Waals surface area contributed by atoms with Crippen LogP contribution in [-0.4, -0.2) is 28.3 Å². The Balaban J connectivity index is 1.75. The van der Waals surface area contributed by atoms with Crippen molar-refractivity contribution < 1.29 is 14.3 Å². The lowest BCUT2D eigenvalue weighted by Gasteiger charge is -2.27. The molecule has 36 heavy (non-hydrogen) atoms. The number of esters is 1. The van der Waals surface area contributed by atoms with Gasteiger partial charge in [-0.2, -0.15) is 10.5 Å². The van der Waals surface area contributed by atoms with Crippen LogP contribution in [0.3, 0.4) is 0 Å². The molecule has 0 spiro atoms. The number of allylic oxidation sites excluding steroid dienone is 1. The van der Waals surface area contributed by atoms with Crippen LogP contribution in [0.1, 0.15) is 24.0 Å². The molecule has 0 radical (unpaired) electrons. The minimum absolute atomic E-state index is 0.0958. The summed E-state index contributed by atoms with van der Waals surface area (Å²) in [7, 11) is 0. The lowest BCUT2D eigenvalue weighted by molar-refractivity contribution is -0.139. The van der Waals surface area contributed by atoms with E-state index in [4.69, 9.17) is 15.2 Å². The molecule has 3 aromatic rings. The Labute approximate surface area is 212 Å². The molecular formula is C27H21N5O3S. The zero-order chi connectivity index (χ0) is 25.5. The summed E-state index contributed by atoms with van der Waals surface area (Å²) < 4.78 is 11.1. The van der Waals surface area contributed by atoms with Crippen molar-refractivity contribution in [2.24, 2.45) is 5.73 Å². The summed E-state index contributed by atoms with van der Waals surface area (Å²) in [5, 5.41) is 19.9. The highest BCUT2D eigenvalue weighted by Crippen LogP contribution is 2.41. The van der Waals surface area contributed by atoms with Gasteiger partial charge in [-0.15, -0.1) is 0 Å². The maximum Gasteiger partial charge on any atom is 0.338 e. The van der Waals surface area contributed by atoms with E-state index in [0.29, 0.717) is 21.8 Å². The standard InChI is InChI=1S/C27H21N5O3S/c1-2-34-27(33)24-22(35-25(30)20(14-29)23(24)19-9-6-12-31-15-19)16-36-26-18(13-28)10-11-21(32-26)17-7-4-3-5-8-17/h3-12,15,23H,2,16,30H2,1H3/t23-/m0/s1. The van der Waals surface area contributed by atoms with E-state index in [9.17, 15) is 15.3 Å². The number of aromatic nitrogens is 2. The normalized spacial score (nSPS) is 15.0. The van der Waals surface area contributed by atoms with E-state index in [1.807, 2.05) is 30.3 Å². The first-order valence-corrected chi connectivity index (χ1v) is 12.0. The maximum atomic E-state index is 13.1. The second-order valence-electron chi connectivity index (χ2n) is 7.58. The Morgan fingerprint density at radius 3 is 2.61 bits per heavy atom. The average molecular weight is 496 g/mol. The summed E-state index contributed by atoms with van der Waals surface area (Å²) in [5.41, 5.74) is 9.00. The number of carbonyl (C=O) groups is 1. The summed E-state index contributed by atoms with van der Waals surface area (Å²) in [6, 6.07) is 20.8. The lowest BCUT2D eigenvalue weighted by Crippen LogP contribution is -2.27. The van der Waals surface area contributed by atoms with Crippen molar-refractivity contribution >= 4 is 17.7 Å². The fourth-order valence-electron chi connectivity index (χ4n) is 3.78. The summed E-state index contributed by atoms with van der Waals surface area (Å²) in [4.78, 5) is 21.9. The second kappa shape index (κ2) is 11.2. The van der Waals surface area contributed by atoms with Gasteiger partial charge in [-0.3, -0.25) is 4.98 Å². The van der Waals surface area contributed by atoms with E-state index < -0.39 is 11.9 Å². The van der Waals surface area contributed by atoms with Crippen molar-refractivity contribution in [2.45, 2.75) is 17.9 Å². The number of rotatable bonds is 7. The molecule has 3 heterocycles. The largest absolute Gasteiger partial charge is 0.463 e. The molecule has 4 rings (SSSR count). The third-order valence-electron chi connectivity index (χ3n) is 5.40. The first-order chi connectivity index (χ1) is 17.6. The number of benzene rings is 1. The number of nitriles is 2. The van der Waals surface area contributed by atoms with E-state index in [1.54, 1.807) is 43.6 Å². The van der Waals surface area contributed by atoms with Crippen LogP contribution in [0, 0.1) is 22.7 Å². The smallest absolute Gasteiger partial charge is 0.338 e. The summed E-state index contributed by atoms with van der Waals surface area (Å²) >= 11 is 1.23. The van der Waals surface area contributed by atoms with Gasteiger partial charge in [-0.05, 0) is 30.7 Å². The molecule has 0 amide bonds. The number of hydrogen-bond acceptors (Lipinski definition) is 9. The van der Waals surface area contributed by atoms with Gasteiger partial charge in [0, 0.05) is 18.0 Å². The molecule has 0 unspecified atom stereocenters. The second-order valence-corrected chi connectivity index (χ2v) is 8.55. The van der Waals surface area contributed by atoms with E-state index >= 15 is 0 Å². The van der Waals surface area contributed by atoms with E-state index in [-0.39, 0.29) is 35.1 Å².